The van der Waals surface area contributed by atoms with Crippen molar-refractivity contribution < 1.29 is 14.3 Å². The van der Waals surface area contributed by atoms with E-state index in [1.54, 1.807) is 36.4 Å². The molecular weight excluding hydrogens is 328 g/mol. The molecule has 0 unspecified atom stereocenters. The van der Waals surface area contributed by atoms with Crippen molar-refractivity contribution >= 4 is 23.4 Å². The number of unbranched alkanes of at least 4 members (excludes halogenated alkanes) is 3. The highest BCUT2D eigenvalue weighted by Crippen LogP contribution is 2.23. The summed E-state index contributed by atoms with van der Waals surface area (Å²) in [4.78, 5) is 11.9. The first-order valence-corrected chi connectivity index (χ1v) is 8.77. The number of ether oxygens (including phenoxy) is 2. The predicted molar refractivity (Wildman–Crippen MR) is 106 cm³/mol. The molecule has 0 radical (unpaired) electrons. The molecule has 0 saturated heterocycles. The molecule has 2 rings (SSSR count). The molecule has 0 spiro atoms. The van der Waals surface area contributed by atoms with Gasteiger partial charge in [0.2, 0.25) is 0 Å². The summed E-state index contributed by atoms with van der Waals surface area (Å²) < 4.78 is 10.9. The third kappa shape index (κ3) is 6.16. The first-order valence-electron chi connectivity index (χ1n) is 8.77. The average Bonchev–Trinajstić information content (AvgIpc) is 2.65. The maximum Gasteiger partial charge on any atom is 0.338 e. The molecule has 0 fully saturated rings. The zero-order valence-corrected chi connectivity index (χ0v) is 14.9. The second-order valence-corrected chi connectivity index (χ2v) is 6.02. The van der Waals surface area contributed by atoms with Crippen molar-refractivity contribution in [2.24, 2.45) is 0 Å². The van der Waals surface area contributed by atoms with Gasteiger partial charge < -0.3 is 20.9 Å². The molecule has 0 aliphatic heterocycles. The second kappa shape index (κ2) is 10.1. The van der Waals surface area contributed by atoms with Gasteiger partial charge in [-0.05, 0) is 61.6 Å². The Balaban J connectivity index is 1.55. The fourth-order valence-electron chi connectivity index (χ4n) is 2.44. The monoisotopic (exact) mass is 354 g/mol. The standard InChI is InChI=1S/C21H26N2O3/c1-2-16-7-9-17(10-8-16)21(24)26-14-6-4-3-5-13-25-20-12-11-18(22)15-19(20)23/h2,7-12,15H,1,3-6,13-14,22-23H2. The van der Waals surface area contributed by atoms with Gasteiger partial charge >= 0.3 is 5.97 Å². The molecule has 0 aromatic heterocycles. The normalized spacial score (nSPS) is 10.3. The number of esters is 1. The van der Waals surface area contributed by atoms with Crippen molar-refractivity contribution in [2.75, 3.05) is 24.7 Å². The first-order chi connectivity index (χ1) is 12.6. The van der Waals surface area contributed by atoms with Gasteiger partial charge in [0.1, 0.15) is 5.75 Å². The molecule has 26 heavy (non-hydrogen) atoms. The molecule has 2 aromatic carbocycles. The van der Waals surface area contributed by atoms with Crippen LogP contribution in [-0.2, 0) is 4.74 Å². The van der Waals surface area contributed by atoms with Crippen LogP contribution < -0.4 is 16.2 Å². The van der Waals surface area contributed by atoms with Gasteiger partial charge in [0.25, 0.3) is 0 Å². The Bertz CT molecular complexity index is 727. The van der Waals surface area contributed by atoms with E-state index in [1.807, 2.05) is 12.1 Å². The molecule has 5 heteroatoms. The second-order valence-electron chi connectivity index (χ2n) is 6.02. The lowest BCUT2D eigenvalue weighted by molar-refractivity contribution is 0.0497. The van der Waals surface area contributed by atoms with Crippen LogP contribution >= 0.6 is 0 Å². The van der Waals surface area contributed by atoms with Crippen LogP contribution in [0.15, 0.2) is 49.0 Å². The number of rotatable bonds is 10. The third-order valence-electron chi connectivity index (χ3n) is 3.95. The van der Waals surface area contributed by atoms with E-state index in [4.69, 9.17) is 20.9 Å². The van der Waals surface area contributed by atoms with Gasteiger partial charge in [0.15, 0.2) is 0 Å². The highest BCUT2D eigenvalue weighted by atomic mass is 16.5. The van der Waals surface area contributed by atoms with E-state index >= 15 is 0 Å². The number of carbonyl (C=O) groups is 1. The molecule has 4 N–H and O–H groups in total. The molecule has 5 nitrogen and oxygen atoms in total. The minimum absolute atomic E-state index is 0.289. The zero-order valence-electron chi connectivity index (χ0n) is 14.9. The summed E-state index contributed by atoms with van der Waals surface area (Å²) in [7, 11) is 0. The maximum absolute atomic E-state index is 11.9. The molecule has 0 atom stereocenters. The van der Waals surface area contributed by atoms with Gasteiger partial charge in [-0.2, -0.15) is 0 Å². The SMILES string of the molecule is C=Cc1ccc(C(=O)OCCCCCCOc2ccc(N)cc2N)cc1. The topological polar surface area (TPSA) is 87.6 Å². The van der Waals surface area contributed by atoms with Gasteiger partial charge in [-0.15, -0.1) is 0 Å². The summed E-state index contributed by atoms with van der Waals surface area (Å²) in [5.41, 5.74) is 14.2. The van der Waals surface area contributed by atoms with Crippen LogP contribution in [0.25, 0.3) is 6.08 Å². The lowest BCUT2D eigenvalue weighted by Crippen LogP contribution is -2.06. The molecule has 0 amide bonds. The molecule has 0 aliphatic carbocycles. The number of carbonyl (C=O) groups excluding carboxylic acids is 1. The zero-order chi connectivity index (χ0) is 18.8. The Kier molecular flexibility index (Phi) is 7.55. The van der Waals surface area contributed by atoms with Crippen molar-refractivity contribution in [1.82, 2.24) is 0 Å². The molecule has 138 valence electrons. The smallest absolute Gasteiger partial charge is 0.338 e. The third-order valence-corrected chi connectivity index (χ3v) is 3.95. The minimum atomic E-state index is -0.289. The van der Waals surface area contributed by atoms with E-state index < -0.39 is 0 Å². The van der Waals surface area contributed by atoms with E-state index in [-0.39, 0.29) is 5.97 Å². The molecule has 0 heterocycles. The number of hydrogen-bond acceptors (Lipinski definition) is 5. The van der Waals surface area contributed by atoms with Gasteiger partial charge in [0, 0.05) is 5.69 Å². The first kappa shape index (κ1) is 19.4. The Morgan fingerprint density at radius 1 is 0.962 bits per heavy atom. The van der Waals surface area contributed by atoms with Crippen LogP contribution in [0.5, 0.6) is 5.75 Å². The van der Waals surface area contributed by atoms with E-state index in [1.165, 1.54) is 0 Å². The minimum Gasteiger partial charge on any atom is -0.491 e. The lowest BCUT2D eigenvalue weighted by atomic mass is 10.1. The summed E-state index contributed by atoms with van der Waals surface area (Å²) in [5.74, 6) is 0.373. The molecule has 2 aromatic rings. The number of anilines is 2. The summed E-state index contributed by atoms with van der Waals surface area (Å²) >= 11 is 0. The highest BCUT2D eigenvalue weighted by Gasteiger charge is 2.06. The Morgan fingerprint density at radius 2 is 1.65 bits per heavy atom. The number of benzene rings is 2. The van der Waals surface area contributed by atoms with Crippen molar-refractivity contribution in [3.05, 3.63) is 60.2 Å². The van der Waals surface area contributed by atoms with Crippen molar-refractivity contribution in [3.8, 4) is 5.75 Å². The molecule has 0 bridgehead atoms. The van der Waals surface area contributed by atoms with Crippen molar-refractivity contribution in [2.45, 2.75) is 25.7 Å². The average molecular weight is 354 g/mol. The molecule has 0 aliphatic rings. The van der Waals surface area contributed by atoms with Crippen LogP contribution in [0.4, 0.5) is 11.4 Å². The van der Waals surface area contributed by atoms with E-state index in [2.05, 4.69) is 6.58 Å². The largest absolute Gasteiger partial charge is 0.491 e. The fraction of sp³-hybridized carbons (Fsp3) is 0.286. The Hall–Kier alpha value is -2.95. The van der Waals surface area contributed by atoms with Crippen molar-refractivity contribution in [1.29, 1.82) is 0 Å². The number of nitrogens with two attached hydrogens (primary N) is 2. The molecular formula is C21H26N2O3. The van der Waals surface area contributed by atoms with Crippen LogP contribution in [-0.4, -0.2) is 19.2 Å². The van der Waals surface area contributed by atoms with E-state index in [9.17, 15) is 4.79 Å². The summed E-state index contributed by atoms with van der Waals surface area (Å²) in [6.07, 6.45) is 5.46. The van der Waals surface area contributed by atoms with Crippen LogP contribution in [0, 0.1) is 0 Å². The predicted octanol–water partition coefficient (Wildman–Crippen LogP) is 4.29. The van der Waals surface area contributed by atoms with E-state index in [0.717, 1.165) is 31.2 Å². The lowest BCUT2D eigenvalue weighted by Gasteiger charge is -2.09. The summed E-state index contributed by atoms with van der Waals surface area (Å²) in [5, 5.41) is 0. The summed E-state index contributed by atoms with van der Waals surface area (Å²) in [6.45, 7) is 4.71. The maximum atomic E-state index is 11.9. The van der Waals surface area contributed by atoms with E-state index in [0.29, 0.717) is 35.9 Å². The quantitative estimate of drug-likeness (QED) is 0.377. The number of nitrogen functional groups attached to an aromatic ring is 2. The van der Waals surface area contributed by atoms with Gasteiger partial charge in [-0.3, -0.25) is 0 Å². The van der Waals surface area contributed by atoms with Gasteiger partial charge in [-0.25, -0.2) is 4.79 Å². The number of hydrogen-bond donors (Lipinski definition) is 2. The van der Waals surface area contributed by atoms with Crippen LogP contribution in [0.2, 0.25) is 0 Å². The molecule has 0 saturated carbocycles. The summed E-state index contributed by atoms with van der Waals surface area (Å²) in [6, 6.07) is 12.4. The Morgan fingerprint density at radius 3 is 2.31 bits per heavy atom. The fourth-order valence-corrected chi connectivity index (χ4v) is 2.44. The van der Waals surface area contributed by atoms with Crippen LogP contribution in [0.3, 0.4) is 0 Å². The van der Waals surface area contributed by atoms with Crippen LogP contribution in [0.1, 0.15) is 41.6 Å². The highest BCUT2D eigenvalue weighted by molar-refractivity contribution is 5.89. The Labute approximate surface area is 154 Å². The van der Waals surface area contributed by atoms with Crippen molar-refractivity contribution in [3.63, 3.8) is 0 Å². The van der Waals surface area contributed by atoms with Gasteiger partial charge in [0.05, 0.1) is 24.5 Å². The van der Waals surface area contributed by atoms with Gasteiger partial charge in [-0.1, -0.05) is 24.8 Å².